The molecule has 2 aliphatic rings. The van der Waals surface area contributed by atoms with Crippen LogP contribution in [-0.4, -0.2) is 47.5 Å². The number of imide groups is 1. The summed E-state index contributed by atoms with van der Waals surface area (Å²) in [6.07, 6.45) is 4.88. The highest BCUT2D eigenvalue weighted by Crippen LogP contribution is 2.28. The number of nitrogens with one attached hydrogen (secondary N) is 2. The monoisotopic (exact) mass is 377 g/mol. The molecular formula is C18H24ClN5O2. The molecule has 7 nitrogen and oxygen atoms in total. The first-order valence-corrected chi connectivity index (χ1v) is 8.88. The number of benzene rings is 1. The van der Waals surface area contributed by atoms with Crippen molar-refractivity contribution in [3.8, 4) is 0 Å². The van der Waals surface area contributed by atoms with E-state index in [4.69, 9.17) is 0 Å². The van der Waals surface area contributed by atoms with Crippen molar-refractivity contribution in [2.45, 2.75) is 37.8 Å². The van der Waals surface area contributed by atoms with Crippen LogP contribution in [0.5, 0.6) is 0 Å². The SMILES string of the molecule is CNC1CCN(c2ccc3c(c2)ncn3C2CCC(=O)NC2=O)CC1.Cl. The number of nitrogens with zero attached hydrogens (tertiary/aromatic N) is 3. The minimum atomic E-state index is -0.361. The van der Waals surface area contributed by atoms with Gasteiger partial charge in [-0.25, -0.2) is 4.98 Å². The fourth-order valence-electron chi connectivity index (χ4n) is 3.84. The van der Waals surface area contributed by atoms with Gasteiger partial charge in [0.25, 0.3) is 0 Å². The van der Waals surface area contributed by atoms with E-state index in [0.29, 0.717) is 18.9 Å². The van der Waals surface area contributed by atoms with Crippen molar-refractivity contribution in [2.24, 2.45) is 0 Å². The summed E-state index contributed by atoms with van der Waals surface area (Å²) in [5.41, 5.74) is 3.00. The molecule has 1 unspecified atom stereocenters. The third kappa shape index (κ3) is 3.41. The number of anilines is 1. The Bertz CT molecular complexity index is 813. The third-order valence-corrected chi connectivity index (χ3v) is 5.37. The Labute approximate surface area is 158 Å². The molecule has 0 bridgehead atoms. The number of fused-ring (bicyclic) bond motifs is 1. The zero-order valence-electron chi connectivity index (χ0n) is 14.8. The highest BCUT2D eigenvalue weighted by Gasteiger charge is 2.29. The van der Waals surface area contributed by atoms with E-state index in [1.807, 2.05) is 17.7 Å². The van der Waals surface area contributed by atoms with Crippen LogP contribution in [0.1, 0.15) is 31.7 Å². The molecule has 3 heterocycles. The number of hydrogen-bond acceptors (Lipinski definition) is 5. The van der Waals surface area contributed by atoms with E-state index in [2.05, 4.69) is 32.7 Å². The summed E-state index contributed by atoms with van der Waals surface area (Å²) in [5, 5.41) is 5.76. The van der Waals surface area contributed by atoms with Gasteiger partial charge in [0, 0.05) is 31.2 Å². The summed E-state index contributed by atoms with van der Waals surface area (Å²) in [6.45, 7) is 2.07. The second-order valence-electron chi connectivity index (χ2n) is 6.84. The van der Waals surface area contributed by atoms with Crippen LogP contribution in [0.4, 0.5) is 5.69 Å². The fraction of sp³-hybridized carbons (Fsp3) is 0.500. The lowest BCUT2D eigenvalue weighted by molar-refractivity contribution is -0.135. The van der Waals surface area contributed by atoms with E-state index < -0.39 is 0 Å². The number of hydrogen-bond donors (Lipinski definition) is 2. The average Bonchev–Trinajstić information content (AvgIpc) is 3.05. The average molecular weight is 378 g/mol. The molecule has 0 spiro atoms. The first-order chi connectivity index (χ1) is 12.2. The molecule has 1 aromatic heterocycles. The number of imidazole rings is 1. The molecule has 0 aliphatic carbocycles. The summed E-state index contributed by atoms with van der Waals surface area (Å²) in [4.78, 5) is 30.4. The van der Waals surface area contributed by atoms with Crippen LogP contribution in [0, 0.1) is 0 Å². The van der Waals surface area contributed by atoms with E-state index in [0.717, 1.165) is 37.0 Å². The Hall–Kier alpha value is -2.12. The van der Waals surface area contributed by atoms with Gasteiger partial charge < -0.3 is 14.8 Å². The summed E-state index contributed by atoms with van der Waals surface area (Å²) >= 11 is 0. The van der Waals surface area contributed by atoms with Crippen LogP contribution in [0.3, 0.4) is 0 Å². The Morgan fingerprint density at radius 2 is 1.96 bits per heavy atom. The molecule has 8 heteroatoms. The zero-order chi connectivity index (χ0) is 17.4. The number of halogens is 1. The Morgan fingerprint density at radius 1 is 1.19 bits per heavy atom. The lowest BCUT2D eigenvalue weighted by Gasteiger charge is -2.33. The van der Waals surface area contributed by atoms with Gasteiger partial charge in [0.05, 0.1) is 17.4 Å². The van der Waals surface area contributed by atoms with E-state index in [-0.39, 0.29) is 30.3 Å². The molecule has 0 saturated carbocycles. The summed E-state index contributed by atoms with van der Waals surface area (Å²) in [7, 11) is 2.02. The second-order valence-corrected chi connectivity index (χ2v) is 6.84. The van der Waals surface area contributed by atoms with E-state index in [1.165, 1.54) is 5.69 Å². The highest BCUT2D eigenvalue weighted by atomic mass is 35.5. The molecule has 140 valence electrons. The van der Waals surface area contributed by atoms with Gasteiger partial charge in [-0.15, -0.1) is 12.4 Å². The predicted octanol–water partition coefficient (Wildman–Crippen LogP) is 1.62. The van der Waals surface area contributed by atoms with Crippen LogP contribution >= 0.6 is 12.4 Å². The van der Waals surface area contributed by atoms with Crippen LogP contribution in [0.15, 0.2) is 24.5 Å². The van der Waals surface area contributed by atoms with Crippen molar-refractivity contribution in [1.82, 2.24) is 20.2 Å². The summed E-state index contributed by atoms with van der Waals surface area (Å²) < 4.78 is 1.88. The van der Waals surface area contributed by atoms with Gasteiger partial charge in [-0.2, -0.15) is 0 Å². The van der Waals surface area contributed by atoms with Gasteiger partial charge in [0.15, 0.2) is 0 Å². The van der Waals surface area contributed by atoms with Gasteiger partial charge >= 0.3 is 0 Å². The van der Waals surface area contributed by atoms with Crippen molar-refractivity contribution < 1.29 is 9.59 Å². The van der Waals surface area contributed by atoms with Crippen LogP contribution < -0.4 is 15.5 Å². The zero-order valence-corrected chi connectivity index (χ0v) is 15.6. The van der Waals surface area contributed by atoms with Crippen LogP contribution in [0.2, 0.25) is 0 Å². The minimum absolute atomic E-state index is 0. The molecule has 26 heavy (non-hydrogen) atoms. The van der Waals surface area contributed by atoms with Crippen molar-refractivity contribution in [3.05, 3.63) is 24.5 Å². The number of carbonyl (C=O) groups excluding carboxylic acids is 2. The van der Waals surface area contributed by atoms with Crippen molar-refractivity contribution in [2.75, 3.05) is 25.0 Å². The predicted molar refractivity (Wildman–Crippen MR) is 103 cm³/mol. The lowest BCUT2D eigenvalue weighted by atomic mass is 10.0. The number of rotatable bonds is 3. The number of amides is 2. The molecule has 2 N–H and O–H groups in total. The first kappa shape index (κ1) is 18.7. The molecule has 2 fully saturated rings. The first-order valence-electron chi connectivity index (χ1n) is 8.88. The number of piperidine rings is 2. The maximum atomic E-state index is 12.1. The Kier molecular flexibility index (Phi) is 5.48. The van der Waals surface area contributed by atoms with Crippen LogP contribution in [-0.2, 0) is 9.59 Å². The summed E-state index contributed by atoms with van der Waals surface area (Å²) in [5.74, 6) is -0.438. The molecule has 1 aromatic carbocycles. The molecule has 2 amide bonds. The molecule has 4 rings (SSSR count). The molecule has 0 radical (unpaired) electrons. The molecule has 1 atom stereocenters. The maximum Gasteiger partial charge on any atom is 0.249 e. The Morgan fingerprint density at radius 3 is 2.65 bits per heavy atom. The topological polar surface area (TPSA) is 79.3 Å². The van der Waals surface area contributed by atoms with Crippen molar-refractivity contribution in [1.29, 1.82) is 0 Å². The van der Waals surface area contributed by atoms with Gasteiger partial charge in [0.1, 0.15) is 6.04 Å². The lowest BCUT2D eigenvalue weighted by Crippen LogP contribution is -2.41. The number of carbonyl (C=O) groups is 2. The van der Waals surface area contributed by atoms with Gasteiger partial charge in [-0.1, -0.05) is 0 Å². The fourth-order valence-corrected chi connectivity index (χ4v) is 3.84. The van der Waals surface area contributed by atoms with Crippen LogP contribution in [0.25, 0.3) is 11.0 Å². The molecule has 2 aliphatic heterocycles. The smallest absolute Gasteiger partial charge is 0.249 e. The maximum absolute atomic E-state index is 12.1. The third-order valence-electron chi connectivity index (χ3n) is 5.37. The van der Waals surface area contributed by atoms with E-state index >= 15 is 0 Å². The molecule has 2 aromatic rings. The standard InChI is InChI=1S/C18H23N5O2.ClH/c1-19-12-6-8-22(9-7-12)13-2-3-15-14(10-13)20-11-23(15)16-4-5-17(24)21-18(16)25;/h2-3,10-12,16,19H,4-9H2,1H3,(H,21,24,25);1H. The quantitative estimate of drug-likeness (QED) is 0.795. The van der Waals surface area contributed by atoms with Crippen molar-refractivity contribution in [3.63, 3.8) is 0 Å². The normalized spacial score (nSPS) is 21.6. The largest absolute Gasteiger partial charge is 0.371 e. The van der Waals surface area contributed by atoms with Gasteiger partial charge in [-0.05, 0) is 44.5 Å². The highest BCUT2D eigenvalue weighted by molar-refractivity contribution is 6.00. The Balaban J connectivity index is 0.00000196. The van der Waals surface area contributed by atoms with Crippen molar-refractivity contribution >= 4 is 40.9 Å². The number of aromatic nitrogens is 2. The second kappa shape index (κ2) is 7.63. The minimum Gasteiger partial charge on any atom is -0.371 e. The summed E-state index contributed by atoms with van der Waals surface area (Å²) in [6, 6.07) is 6.47. The van der Waals surface area contributed by atoms with Gasteiger partial charge in [0.2, 0.25) is 11.8 Å². The molecular weight excluding hydrogens is 354 g/mol. The van der Waals surface area contributed by atoms with E-state index in [1.54, 1.807) is 6.33 Å². The van der Waals surface area contributed by atoms with E-state index in [9.17, 15) is 9.59 Å². The molecule has 2 saturated heterocycles. The van der Waals surface area contributed by atoms with Gasteiger partial charge in [-0.3, -0.25) is 14.9 Å².